The van der Waals surface area contributed by atoms with Crippen LogP contribution in [0.5, 0.6) is 0 Å². The first-order valence-electron chi connectivity index (χ1n) is 12.1. The van der Waals surface area contributed by atoms with E-state index < -0.39 is 10.8 Å². The molecule has 1 aliphatic heterocycles. The molecule has 0 radical (unpaired) electrons. The van der Waals surface area contributed by atoms with Crippen molar-refractivity contribution in [3.63, 3.8) is 0 Å². The van der Waals surface area contributed by atoms with Gasteiger partial charge in [0.15, 0.2) is 0 Å². The fourth-order valence-corrected chi connectivity index (χ4v) is 5.62. The largest absolute Gasteiger partial charge is 0.355 e. The number of hydrogen-bond donors (Lipinski definition) is 1. The SMILES string of the molecule is O=C(CN1C(=O)CC1S(=O)Cc1ccccc1)NCCCCCCCCCc1ccccc1. The normalized spacial score (nSPS) is 16.3. The lowest BCUT2D eigenvalue weighted by Gasteiger charge is -2.39. The van der Waals surface area contributed by atoms with Crippen LogP contribution in [-0.4, -0.2) is 39.4 Å². The Morgan fingerprint density at radius 3 is 2.06 bits per heavy atom. The maximum atomic E-state index is 12.6. The third-order valence-electron chi connectivity index (χ3n) is 6.09. The second-order valence-corrected chi connectivity index (χ2v) is 10.3. The molecule has 178 valence electrons. The fourth-order valence-electron chi connectivity index (χ4n) is 4.11. The number of benzene rings is 2. The lowest BCUT2D eigenvalue weighted by atomic mass is 10.0. The lowest BCUT2D eigenvalue weighted by Crippen LogP contribution is -2.57. The molecule has 2 aromatic carbocycles. The third-order valence-corrected chi connectivity index (χ3v) is 7.74. The molecule has 2 unspecified atom stereocenters. The highest BCUT2D eigenvalue weighted by molar-refractivity contribution is 7.85. The zero-order valence-corrected chi connectivity index (χ0v) is 20.2. The van der Waals surface area contributed by atoms with Crippen molar-refractivity contribution in [1.29, 1.82) is 0 Å². The van der Waals surface area contributed by atoms with Gasteiger partial charge in [0.1, 0.15) is 11.9 Å². The Bertz CT molecular complexity index is 889. The van der Waals surface area contributed by atoms with Crippen LogP contribution in [-0.2, 0) is 32.6 Å². The van der Waals surface area contributed by atoms with Crippen LogP contribution in [0.3, 0.4) is 0 Å². The lowest BCUT2D eigenvalue weighted by molar-refractivity contribution is -0.145. The molecule has 1 saturated heterocycles. The van der Waals surface area contributed by atoms with E-state index >= 15 is 0 Å². The zero-order valence-electron chi connectivity index (χ0n) is 19.4. The van der Waals surface area contributed by atoms with Gasteiger partial charge in [-0.2, -0.15) is 0 Å². The molecule has 5 nitrogen and oxygen atoms in total. The van der Waals surface area contributed by atoms with Crippen molar-refractivity contribution in [1.82, 2.24) is 10.2 Å². The van der Waals surface area contributed by atoms with Crippen molar-refractivity contribution in [2.45, 2.75) is 68.9 Å². The molecule has 0 saturated carbocycles. The molecule has 1 heterocycles. The number of amides is 2. The van der Waals surface area contributed by atoms with Crippen LogP contribution in [0.4, 0.5) is 0 Å². The number of hydrogen-bond acceptors (Lipinski definition) is 3. The van der Waals surface area contributed by atoms with Gasteiger partial charge in [-0.05, 0) is 30.4 Å². The highest BCUT2D eigenvalue weighted by atomic mass is 32.2. The molecule has 33 heavy (non-hydrogen) atoms. The summed E-state index contributed by atoms with van der Waals surface area (Å²) in [4.78, 5) is 25.6. The minimum absolute atomic E-state index is 0.00540. The molecular weight excluding hydrogens is 432 g/mol. The van der Waals surface area contributed by atoms with Crippen LogP contribution in [0.25, 0.3) is 0 Å². The van der Waals surface area contributed by atoms with E-state index in [4.69, 9.17) is 0 Å². The molecule has 2 aromatic rings. The van der Waals surface area contributed by atoms with Crippen LogP contribution in [0.1, 0.15) is 62.5 Å². The van der Waals surface area contributed by atoms with E-state index in [1.165, 1.54) is 42.6 Å². The summed E-state index contributed by atoms with van der Waals surface area (Å²) >= 11 is 0. The average Bonchev–Trinajstić information content (AvgIpc) is 2.83. The van der Waals surface area contributed by atoms with E-state index in [-0.39, 0.29) is 30.2 Å². The van der Waals surface area contributed by atoms with Crippen molar-refractivity contribution in [3.05, 3.63) is 71.8 Å². The van der Waals surface area contributed by atoms with Gasteiger partial charge in [0.05, 0.1) is 12.2 Å². The Kier molecular flexibility index (Phi) is 10.6. The quantitative estimate of drug-likeness (QED) is 0.307. The average molecular weight is 469 g/mol. The minimum Gasteiger partial charge on any atom is -0.355 e. The molecular formula is C27H36N2O3S. The van der Waals surface area contributed by atoms with Gasteiger partial charge in [-0.3, -0.25) is 13.8 Å². The standard InChI is InChI=1S/C27H36N2O3S/c30-25(21-29-26(31)20-27(29)33(32)22-24-17-11-7-12-18-24)28-19-13-5-3-1-2-4-8-14-23-15-9-6-10-16-23/h6-7,9-12,15-18,27H,1-5,8,13-14,19-22H2,(H,28,30). The molecule has 0 aliphatic carbocycles. The number of β-lactam (4-membered cyclic amide) rings is 1. The van der Waals surface area contributed by atoms with Gasteiger partial charge in [0, 0.05) is 17.3 Å². The topological polar surface area (TPSA) is 66.5 Å². The number of nitrogens with one attached hydrogen (secondary N) is 1. The predicted octanol–water partition coefficient (Wildman–Crippen LogP) is 4.58. The first-order valence-corrected chi connectivity index (χ1v) is 13.5. The van der Waals surface area contributed by atoms with Gasteiger partial charge in [0.2, 0.25) is 11.8 Å². The molecule has 1 aliphatic rings. The Hall–Kier alpha value is -2.47. The molecule has 2 amide bonds. The van der Waals surface area contributed by atoms with E-state index in [2.05, 4.69) is 35.6 Å². The summed E-state index contributed by atoms with van der Waals surface area (Å²) in [5.74, 6) is 0.151. The van der Waals surface area contributed by atoms with E-state index in [0.717, 1.165) is 24.8 Å². The Labute approximate surface area is 200 Å². The van der Waals surface area contributed by atoms with Crippen molar-refractivity contribution < 1.29 is 13.8 Å². The Morgan fingerprint density at radius 2 is 1.42 bits per heavy atom. The Morgan fingerprint density at radius 1 is 0.848 bits per heavy atom. The van der Waals surface area contributed by atoms with Gasteiger partial charge in [-0.25, -0.2) is 0 Å². The van der Waals surface area contributed by atoms with Crippen molar-refractivity contribution in [3.8, 4) is 0 Å². The smallest absolute Gasteiger partial charge is 0.239 e. The van der Waals surface area contributed by atoms with E-state index in [0.29, 0.717) is 12.3 Å². The highest BCUT2D eigenvalue weighted by Crippen LogP contribution is 2.24. The molecule has 1 N–H and O–H groups in total. The van der Waals surface area contributed by atoms with Crippen molar-refractivity contribution in [2.24, 2.45) is 0 Å². The van der Waals surface area contributed by atoms with Gasteiger partial charge in [-0.1, -0.05) is 92.8 Å². The van der Waals surface area contributed by atoms with Gasteiger partial charge in [0.25, 0.3) is 0 Å². The van der Waals surface area contributed by atoms with Crippen LogP contribution in [0.2, 0.25) is 0 Å². The van der Waals surface area contributed by atoms with E-state index in [1.54, 1.807) is 0 Å². The van der Waals surface area contributed by atoms with Gasteiger partial charge >= 0.3 is 0 Å². The zero-order chi connectivity index (χ0) is 23.3. The number of nitrogens with zero attached hydrogens (tertiary/aromatic N) is 1. The highest BCUT2D eigenvalue weighted by Gasteiger charge is 2.40. The molecule has 0 bridgehead atoms. The van der Waals surface area contributed by atoms with Crippen LogP contribution >= 0.6 is 0 Å². The Balaban J connectivity index is 1.20. The summed E-state index contributed by atoms with van der Waals surface area (Å²) in [7, 11) is -1.20. The number of carbonyl (C=O) groups is 2. The summed E-state index contributed by atoms with van der Waals surface area (Å²) in [5.41, 5.74) is 2.40. The first kappa shape index (κ1) is 25.2. The van der Waals surface area contributed by atoms with E-state index in [1.807, 2.05) is 30.3 Å². The van der Waals surface area contributed by atoms with Crippen LogP contribution < -0.4 is 5.32 Å². The molecule has 0 spiro atoms. The molecule has 3 rings (SSSR count). The van der Waals surface area contributed by atoms with Crippen molar-refractivity contribution in [2.75, 3.05) is 13.1 Å². The maximum Gasteiger partial charge on any atom is 0.239 e. The van der Waals surface area contributed by atoms with Gasteiger partial charge < -0.3 is 10.2 Å². The fraction of sp³-hybridized carbons (Fsp3) is 0.481. The molecule has 6 heteroatoms. The molecule has 0 aromatic heterocycles. The number of likely N-dealkylation sites (tertiary alicyclic amines) is 1. The predicted molar refractivity (Wildman–Crippen MR) is 134 cm³/mol. The second kappa shape index (κ2) is 13.9. The van der Waals surface area contributed by atoms with E-state index in [9.17, 15) is 13.8 Å². The molecule has 2 atom stereocenters. The maximum absolute atomic E-state index is 12.6. The number of unbranched alkanes of at least 4 members (excludes halogenated alkanes) is 6. The van der Waals surface area contributed by atoms with Crippen LogP contribution in [0, 0.1) is 0 Å². The summed E-state index contributed by atoms with van der Waals surface area (Å²) in [6, 6.07) is 20.2. The first-order chi connectivity index (χ1) is 16.1. The third kappa shape index (κ3) is 8.77. The number of carbonyl (C=O) groups excluding carboxylic acids is 2. The van der Waals surface area contributed by atoms with Crippen LogP contribution in [0.15, 0.2) is 60.7 Å². The number of aryl methyl sites for hydroxylation is 1. The van der Waals surface area contributed by atoms with Gasteiger partial charge in [-0.15, -0.1) is 0 Å². The monoisotopic (exact) mass is 468 g/mol. The summed E-state index contributed by atoms with van der Waals surface area (Å²) in [6.45, 7) is 0.637. The van der Waals surface area contributed by atoms with Crippen molar-refractivity contribution >= 4 is 22.6 Å². The number of rotatable bonds is 15. The molecule has 1 fully saturated rings. The minimum atomic E-state index is -1.20. The summed E-state index contributed by atoms with van der Waals surface area (Å²) in [5, 5.41) is 2.55. The summed E-state index contributed by atoms with van der Waals surface area (Å²) < 4.78 is 12.6. The summed E-state index contributed by atoms with van der Waals surface area (Å²) in [6.07, 6.45) is 9.67. The second-order valence-electron chi connectivity index (χ2n) is 8.75.